The third-order valence-corrected chi connectivity index (χ3v) is 8.01. The molecule has 0 amide bonds. The summed E-state index contributed by atoms with van der Waals surface area (Å²) in [6, 6.07) is 0. The van der Waals surface area contributed by atoms with Gasteiger partial charge >= 0.3 is 0 Å². The van der Waals surface area contributed by atoms with Crippen molar-refractivity contribution in [2.24, 2.45) is 28.6 Å². The van der Waals surface area contributed by atoms with Gasteiger partial charge in [0, 0.05) is 12.0 Å². The Morgan fingerprint density at radius 1 is 1.17 bits per heavy atom. The normalized spacial score (nSPS) is 47.6. The van der Waals surface area contributed by atoms with E-state index in [4.69, 9.17) is 0 Å². The molecule has 0 spiro atoms. The molecule has 0 saturated heterocycles. The monoisotopic (exact) mass is 336 g/mol. The molecule has 0 heterocycles. The van der Waals surface area contributed by atoms with Crippen molar-refractivity contribution >= 4 is 5.78 Å². The van der Waals surface area contributed by atoms with Crippen LogP contribution in [0.5, 0.6) is 0 Å². The summed E-state index contributed by atoms with van der Waals surface area (Å²) in [4.78, 5) is 11.9. The van der Waals surface area contributed by atoms with Crippen molar-refractivity contribution in [1.82, 2.24) is 0 Å². The molecule has 0 bridgehead atoms. The number of halogens is 2. The molecule has 0 aromatic rings. The summed E-state index contributed by atoms with van der Waals surface area (Å²) in [5, 5.41) is 10.5. The molecule has 4 heteroatoms. The Hall–Kier alpha value is -1.03. The molecule has 132 valence electrons. The van der Waals surface area contributed by atoms with E-state index in [1.54, 1.807) is 0 Å². The second kappa shape index (κ2) is 5.23. The van der Waals surface area contributed by atoms with Crippen LogP contribution < -0.4 is 0 Å². The fourth-order valence-corrected chi connectivity index (χ4v) is 6.59. The molecule has 3 fully saturated rings. The highest BCUT2D eigenvalue weighted by Gasteiger charge is 2.60. The maximum atomic E-state index is 13.7. The second-order valence-electron chi connectivity index (χ2n) is 8.90. The molecule has 4 rings (SSSR count). The molecular weight excluding hydrogens is 310 g/mol. The number of hydrogen-bond acceptors (Lipinski definition) is 2. The summed E-state index contributed by atoms with van der Waals surface area (Å²) in [6.07, 6.45) is 4.77. The Bertz CT molecular complexity index is 648. The van der Waals surface area contributed by atoms with Gasteiger partial charge in [0.05, 0.1) is 6.10 Å². The first-order valence-corrected chi connectivity index (χ1v) is 9.25. The van der Waals surface area contributed by atoms with Crippen LogP contribution in [0.1, 0.15) is 58.8 Å². The van der Waals surface area contributed by atoms with Crippen LogP contribution >= 0.6 is 0 Å². The summed E-state index contributed by atoms with van der Waals surface area (Å²) in [5.41, 5.74) is 0.297. The van der Waals surface area contributed by atoms with Gasteiger partial charge in [0.1, 0.15) is 0 Å². The highest BCUT2D eigenvalue weighted by molar-refractivity contribution is 5.92. The highest BCUT2D eigenvalue weighted by Crippen LogP contribution is 2.66. The molecular formula is C20H26F2O2. The average Bonchev–Trinajstić information content (AvgIpc) is 2.83. The fourth-order valence-electron chi connectivity index (χ4n) is 6.59. The van der Waals surface area contributed by atoms with Crippen molar-refractivity contribution in [3.63, 3.8) is 0 Å². The van der Waals surface area contributed by atoms with E-state index >= 15 is 0 Å². The average molecular weight is 336 g/mol. The predicted molar refractivity (Wildman–Crippen MR) is 87.3 cm³/mol. The van der Waals surface area contributed by atoms with E-state index in [0.717, 1.165) is 25.7 Å². The lowest BCUT2D eigenvalue weighted by Gasteiger charge is -2.58. The van der Waals surface area contributed by atoms with E-state index in [2.05, 4.69) is 13.8 Å². The summed E-state index contributed by atoms with van der Waals surface area (Å²) < 4.78 is 27.5. The van der Waals surface area contributed by atoms with Gasteiger partial charge in [-0.25, -0.2) is 0 Å². The lowest BCUT2D eigenvalue weighted by molar-refractivity contribution is -0.117. The van der Waals surface area contributed by atoms with Crippen LogP contribution in [0.25, 0.3) is 0 Å². The molecule has 4 aliphatic carbocycles. The van der Waals surface area contributed by atoms with Gasteiger partial charge < -0.3 is 5.11 Å². The molecule has 0 aliphatic heterocycles. The molecule has 24 heavy (non-hydrogen) atoms. The van der Waals surface area contributed by atoms with E-state index < -0.39 is 6.08 Å². The van der Waals surface area contributed by atoms with Crippen LogP contribution in [-0.4, -0.2) is 17.0 Å². The van der Waals surface area contributed by atoms with Crippen LogP contribution in [0, 0.1) is 28.6 Å². The summed E-state index contributed by atoms with van der Waals surface area (Å²) in [6.45, 7) is 4.25. The van der Waals surface area contributed by atoms with Gasteiger partial charge in [-0.05, 0) is 78.8 Å². The molecule has 0 aromatic carbocycles. The summed E-state index contributed by atoms with van der Waals surface area (Å²) in [7, 11) is 0. The number of carbonyl (C=O) groups excluding carboxylic acids is 1. The minimum Gasteiger partial charge on any atom is -0.393 e. The van der Waals surface area contributed by atoms with Crippen molar-refractivity contribution in [1.29, 1.82) is 0 Å². The number of allylic oxidation sites excluding steroid dienone is 2. The molecule has 6 atom stereocenters. The largest absolute Gasteiger partial charge is 0.393 e. The van der Waals surface area contributed by atoms with E-state index in [1.165, 1.54) is 6.08 Å². The molecule has 1 N–H and O–H groups in total. The van der Waals surface area contributed by atoms with Gasteiger partial charge in [-0.1, -0.05) is 13.8 Å². The number of fused-ring (bicyclic) bond motifs is 5. The minimum atomic E-state index is -1.62. The first-order chi connectivity index (χ1) is 11.3. The molecule has 0 aromatic heterocycles. The maximum absolute atomic E-state index is 13.7. The molecule has 4 aliphatic rings. The van der Waals surface area contributed by atoms with Gasteiger partial charge in [0.2, 0.25) is 0 Å². The quantitative estimate of drug-likeness (QED) is 0.700. The summed E-state index contributed by atoms with van der Waals surface area (Å²) >= 11 is 0. The van der Waals surface area contributed by atoms with Gasteiger partial charge in [-0.3, -0.25) is 4.79 Å². The van der Waals surface area contributed by atoms with E-state index in [-0.39, 0.29) is 34.2 Å². The third-order valence-electron chi connectivity index (χ3n) is 8.01. The Labute approximate surface area is 142 Å². The van der Waals surface area contributed by atoms with Crippen molar-refractivity contribution in [2.45, 2.75) is 64.9 Å². The third kappa shape index (κ3) is 2.04. The van der Waals surface area contributed by atoms with Crippen molar-refractivity contribution in [2.75, 3.05) is 0 Å². The van der Waals surface area contributed by atoms with Crippen molar-refractivity contribution in [3.8, 4) is 0 Å². The van der Waals surface area contributed by atoms with Crippen LogP contribution in [0.15, 0.2) is 23.3 Å². The van der Waals surface area contributed by atoms with E-state index in [9.17, 15) is 18.7 Å². The molecule has 3 saturated carbocycles. The van der Waals surface area contributed by atoms with Gasteiger partial charge in [-0.15, -0.1) is 0 Å². The Balaban J connectivity index is 1.81. The molecule has 2 nitrogen and oxygen atoms in total. The van der Waals surface area contributed by atoms with Crippen LogP contribution in [0.4, 0.5) is 8.78 Å². The molecule has 0 unspecified atom stereocenters. The van der Waals surface area contributed by atoms with E-state index in [0.29, 0.717) is 36.7 Å². The number of aliphatic hydroxyl groups is 1. The lowest BCUT2D eigenvalue weighted by Crippen LogP contribution is -2.51. The zero-order chi connectivity index (χ0) is 17.3. The van der Waals surface area contributed by atoms with Crippen molar-refractivity contribution in [3.05, 3.63) is 23.3 Å². The first-order valence-electron chi connectivity index (χ1n) is 9.25. The number of hydrogen-bond donors (Lipinski definition) is 1. The zero-order valence-electron chi connectivity index (χ0n) is 14.4. The number of rotatable bonds is 0. The number of carbonyl (C=O) groups is 1. The van der Waals surface area contributed by atoms with Crippen LogP contribution in [0.3, 0.4) is 0 Å². The molecule has 0 radical (unpaired) electrons. The summed E-state index contributed by atoms with van der Waals surface area (Å²) in [5.74, 6) is 0.851. The van der Waals surface area contributed by atoms with Crippen LogP contribution in [-0.2, 0) is 4.79 Å². The topological polar surface area (TPSA) is 37.3 Å². The number of ketones is 1. The lowest BCUT2D eigenvalue weighted by atomic mass is 9.46. The zero-order valence-corrected chi connectivity index (χ0v) is 14.4. The van der Waals surface area contributed by atoms with Gasteiger partial charge in [-0.2, -0.15) is 8.78 Å². The van der Waals surface area contributed by atoms with E-state index in [1.807, 2.05) is 0 Å². The minimum absolute atomic E-state index is 0.0170. The Morgan fingerprint density at radius 3 is 2.62 bits per heavy atom. The predicted octanol–water partition coefficient (Wildman–Crippen LogP) is 4.64. The Kier molecular flexibility index (Phi) is 3.58. The Morgan fingerprint density at radius 2 is 1.92 bits per heavy atom. The van der Waals surface area contributed by atoms with Crippen LogP contribution in [0.2, 0.25) is 0 Å². The smallest absolute Gasteiger partial charge is 0.273 e. The first kappa shape index (κ1) is 16.4. The fraction of sp³-hybridized carbons (Fsp3) is 0.750. The SMILES string of the molecule is C[C@]12CC[C@H]3[C@@H](CC(=C(F)F)C4=CC(=O)CC[C@@]43C)[C@@H]1CC[C@@H]2O. The van der Waals surface area contributed by atoms with Gasteiger partial charge in [0.25, 0.3) is 6.08 Å². The highest BCUT2D eigenvalue weighted by atomic mass is 19.3. The second-order valence-corrected chi connectivity index (χ2v) is 8.90. The van der Waals surface area contributed by atoms with Crippen molar-refractivity contribution < 1.29 is 18.7 Å². The standard InChI is InChI=1S/C20H26F2O2/c1-19-7-5-11(23)9-16(19)13(18(21)22)10-12-14-3-4-17(24)20(14,2)8-6-15(12)19/h9,12,14-15,17,24H,3-8,10H2,1-2H3/t12-,14-,15-,17-,19+,20-/m0/s1. The number of aliphatic hydroxyl groups excluding tert-OH is 1. The van der Waals surface area contributed by atoms with Gasteiger partial charge in [0.15, 0.2) is 5.78 Å². The maximum Gasteiger partial charge on any atom is 0.273 e.